The molecule has 2 aromatic rings. The maximum absolute atomic E-state index is 12.9. The number of fused-ring (bicyclic) bond motifs is 1. The highest BCUT2D eigenvalue weighted by atomic mass is 32.2. The normalized spacial score (nSPS) is 21.5. The Bertz CT molecular complexity index is 832. The van der Waals surface area contributed by atoms with E-state index in [1.165, 1.54) is 0 Å². The van der Waals surface area contributed by atoms with Crippen molar-refractivity contribution in [1.82, 2.24) is 19.9 Å². The van der Waals surface area contributed by atoms with Crippen molar-refractivity contribution in [3.05, 3.63) is 29.2 Å². The number of carbonyl (C=O) groups excluding carboxylic acids is 1. The molecular weight excluding hydrogens is 336 g/mol. The van der Waals surface area contributed by atoms with Gasteiger partial charge in [0.2, 0.25) is 0 Å². The lowest BCUT2D eigenvalue weighted by Gasteiger charge is -2.33. The molecule has 1 amide bonds. The van der Waals surface area contributed by atoms with Crippen LogP contribution in [0.1, 0.15) is 18.4 Å². The summed E-state index contributed by atoms with van der Waals surface area (Å²) < 4.78 is 0. The smallest absolute Gasteiger partial charge is 0.261 e. The van der Waals surface area contributed by atoms with Gasteiger partial charge in [0.15, 0.2) is 0 Å². The van der Waals surface area contributed by atoms with Crippen LogP contribution in [0.2, 0.25) is 0 Å². The number of thioether (sulfide) groups is 1. The first-order chi connectivity index (χ1) is 12.1. The number of hydrogen-bond donors (Lipinski definition) is 2. The highest BCUT2D eigenvalue weighted by Crippen LogP contribution is 2.31. The molecule has 0 aromatic carbocycles. The van der Waals surface area contributed by atoms with Crippen LogP contribution in [-0.2, 0) is 4.79 Å². The van der Waals surface area contributed by atoms with Gasteiger partial charge in [0.25, 0.3) is 5.91 Å². The summed E-state index contributed by atoms with van der Waals surface area (Å²) in [6.07, 6.45) is 7.41. The number of piperidine rings is 1. The summed E-state index contributed by atoms with van der Waals surface area (Å²) in [5.74, 6) is 1.79. The number of rotatable bonds is 2. The second-order valence-electron chi connectivity index (χ2n) is 6.58. The Kier molecular flexibility index (Phi) is 4.39. The number of likely N-dealkylation sites (tertiary alicyclic amines) is 1. The Morgan fingerprint density at radius 2 is 2.28 bits per heavy atom. The minimum atomic E-state index is 0.0842. The van der Waals surface area contributed by atoms with Crippen LogP contribution in [-0.4, -0.2) is 57.2 Å². The number of H-pyrrole nitrogens is 1. The summed E-state index contributed by atoms with van der Waals surface area (Å²) in [7, 11) is 0. The van der Waals surface area contributed by atoms with Gasteiger partial charge >= 0.3 is 0 Å². The predicted octanol–water partition coefficient (Wildman–Crippen LogP) is 1.61. The van der Waals surface area contributed by atoms with Crippen LogP contribution >= 0.6 is 11.8 Å². The van der Waals surface area contributed by atoms with Gasteiger partial charge in [-0.1, -0.05) is 0 Å². The number of aryl methyl sites for hydroxylation is 1. The van der Waals surface area contributed by atoms with Crippen molar-refractivity contribution in [2.45, 2.75) is 25.8 Å². The zero-order valence-corrected chi connectivity index (χ0v) is 15.1. The Balaban J connectivity index is 1.64. The molecule has 8 heteroatoms. The first-order valence-corrected chi connectivity index (χ1v) is 9.57. The summed E-state index contributed by atoms with van der Waals surface area (Å²) in [6.45, 7) is 4.29. The number of hydrogen-bond acceptors (Lipinski definition) is 6. The minimum Gasteiger partial charge on any atom is -0.346 e. The second-order valence-corrected chi connectivity index (χ2v) is 7.72. The van der Waals surface area contributed by atoms with E-state index >= 15 is 0 Å². The van der Waals surface area contributed by atoms with E-state index in [2.05, 4.69) is 19.9 Å². The fraction of sp³-hybridized carbons (Fsp3) is 0.471. The average Bonchev–Trinajstić information content (AvgIpc) is 3.02. The fourth-order valence-corrected chi connectivity index (χ4v) is 4.41. The van der Waals surface area contributed by atoms with E-state index in [4.69, 9.17) is 5.73 Å². The molecule has 0 radical (unpaired) electrons. The van der Waals surface area contributed by atoms with E-state index in [0.717, 1.165) is 59.0 Å². The quantitative estimate of drug-likeness (QED) is 0.847. The Labute approximate surface area is 150 Å². The highest BCUT2D eigenvalue weighted by Gasteiger charge is 2.27. The summed E-state index contributed by atoms with van der Waals surface area (Å²) in [5.41, 5.74) is 7.95. The molecule has 1 atom stereocenters. The Morgan fingerprint density at radius 3 is 3.12 bits per heavy atom. The Hall–Kier alpha value is -2.06. The molecule has 25 heavy (non-hydrogen) atoms. The van der Waals surface area contributed by atoms with E-state index in [-0.39, 0.29) is 11.9 Å². The monoisotopic (exact) mass is 358 g/mol. The summed E-state index contributed by atoms with van der Waals surface area (Å²) >= 11 is 1.61. The Morgan fingerprint density at radius 1 is 1.40 bits per heavy atom. The van der Waals surface area contributed by atoms with E-state index in [0.29, 0.717) is 6.54 Å². The third-order valence-corrected chi connectivity index (χ3v) is 5.72. The number of carbonyl (C=O) groups is 1. The van der Waals surface area contributed by atoms with E-state index < -0.39 is 0 Å². The van der Waals surface area contributed by atoms with Crippen LogP contribution in [0.5, 0.6) is 0 Å². The molecule has 2 aromatic heterocycles. The highest BCUT2D eigenvalue weighted by molar-refractivity contribution is 8.04. The van der Waals surface area contributed by atoms with Gasteiger partial charge in [0.1, 0.15) is 17.8 Å². The van der Waals surface area contributed by atoms with E-state index in [9.17, 15) is 4.79 Å². The van der Waals surface area contributed by atoms with Crippen molar-refractivity contribution in [2.24, 2.45) is 5.73 Å². The third-order valence-electron chi connectivity index (χ3n) is 4.74. The maximum Gasteiger partial charge on any atom is 0.261 e. The number of amides is 1. The lowest BCUT2D eigenvalue weighted by atomic mass is 10.1. The van der Waals surface area contributed by atoms with Crippen molar-refractivity contribution in [1.29, 1.82) is 0 Å². The number of nitrogens with two attached hydrogens (primary N) is 1. The molecule has 2 aliphatic rings. The molecule has 3 N–H and O–H groups in total. The molecule has 132 valence electrons. The predicted molar refractivity (Wildman–Crippen MR) is 100 cm³/mol. The molecule has 0 aliphatic carbocycles. The lowest BCUT2D eigenvalue weighted by molar-refractivity contribution is -0.127. The van der Waals surface area contributed by atoms with Gasteiger partial charge in [-0.15, -0.1) is 11.8 Å². The van der Waals surface area contributed by atoms with Crippen LogP contribution in [0, 0.1) is 6.92 Å². The van der Waals surface area contributed by atoms with Crippen molar-refractivity contribution >= 4 is 34.5 Å². The van der Waals surface area contributed by atoms with Crippen molar-refractivity contribution in [3.63, 3.8) is 0 Å². The molecule has 0 bridgehead atoms. The van der Waals surface area contributed by atoms with Crippen LogP contribution in [0.3, 0.4) is 0 Å². The zero-order valence-electron chi connectivity index (χ0n) is 14.2. The zero-order chi connectivity index (χ0) is 17.4. The lowest BCUT2D eigenvalue weighted by Crippen LogP contribution is -2.46. The van der Waals surface area contributed by atoms with Gasteiger partial charge in [0.05, 0.1) is 10.3 Å². The third kappa shape index (κ3) is 3.11. The summed E-state index contributed by atoms with van der Waals surface area (Å²) in [6, 6.07) is 0.0898. The molecule has 1 saturated heterocycles. The van der Waals surface area contributed by atoms with Crippen LogP contribution in [0.25, 0.3) is 11.0 Å². The van der Waals surface area contributed by atoms with Gasteiger partial charge in [-0.05, 0) is 25.3 Å². The van der Waals surface area contributed by atoms with Gasteiger partial charge < -0.3 is 20.5 Å². The molecular formula is C17H22N6OS. The first-order valence-electron chi connectivity index (χ1n) is 8.58. The molecule has 2 aliphatic heterocycles. The molecule has 1 fully saturated rings. The number of anilines is 1. The number of aromatic amines is 1. The topological polar surface area (TPSA) is 91.1 Å². The average molecular weight is 358 g/mol. The van der Waals surface area contributed by atoms with Gasteiger partial charge in [-0.2, -0.15) is 0 Å². The van der Waals surface area contributed by atoms with Crippen LogP contribution in [0.4, 0.5) is 5.82 Å². The first kappa shape index (κ1) is 16.4. The van der Waals surface area contributed by atoms with Crippen molar-refractivity contribution in [3.8, 4) is 0 Å². The summed E-state index contributed by atoms with van der Waals surface area (Å²) in [5, 5.41) is 1.01. The SMILES string of the molecule is Cc1c[nH]c2ncnc(N3C=C(C(=O)N4CCC[C@@H](N)C4)SCC3)c12. The molecule has 4 heterocycles. The van der Waals surface area contributed by atoms with Gasteiger partial charge in [-0.25, -0.2) is 9.97 Å². The standard InChI is InChI=1S/C17H22N6OS/c1-11-7-19-15-14(11)16(21-10-20-15)22-5-6-25-13(9-22)17(24)23-4-2-3-12(18)8-23/h7,9-10,12H,2-6,8,18H2,1H3,(H,19,20,21)/t12-/m1/s1. The van der Waals surface area contributed by atoms with Gasteiger partial charge in [-0.3, -0.25) is 4.79 Å². The van der Waals surface area contributed by atoms with Gasteiger partial charge in [0, 0.05) is 43.8 Å². The van der Waals surface area contributed by atoms with E-state index in [1.54, 1.807) is 18.1 Å². The number of aromatic nitrogens is 3. The number of nitrogens with one attached hydrogen (secondary N) is 1. The van der Waals surface area contributed by atoms with Crippen LogP contribution in [0.15, 0.2) is 23.6 Å². The maximum atomic E-state index is 12.9. The number of nitrogens with zero attached hydrogens (tertiary/aromatic N) is 4. The van der Waals surface area contributed by atoms with E-state index in [1.807, 2.05) is 24.2 Å². The second kappa shape index (κ2) is 6.68. The molecule has 4 rings (SSSR count). The fourth-order valence-electron chi connectivity index (χ4n) is 3.45. The van der Waals surface area contributed by atoms with Crippen molar-refractivity contribution in [2.75, 3.05) is 30.3 Å². The van der Waals surface area contributed by atoms with Crippen molar-refractivity contribution < 1.29 is 4.79 Å². The molecule has 7 nitrogen and oxygen atoms in total. The molecule has 0 saturated carbocycles. The van der Waals surface area contributed by atoms with Crippen LogP contribution < -0.4 is 10.6 Å². The molecule has 0 unspecified atom stereocenters. The minimum absolute atomic E-state index is 0.0842. The largest absolute Gasteiger partial charge is 0.346 e. The summed E-state index contributed by atoms with van der Waals surface area (Å²) in [4.78, 5) is 29.5. The molecule has 0 spiro atoms.